The minimum absolute atomic E-state index is 0.574. The van der Waals surface area contributed by atoms with Crippen LogP contribution in [0.1, 0.15) is 0 Å². The number of para-hydroxylation sites is 2. The van der Waals surface area contributed by atoms with Gasteiger partial charge in [-0.05, 0) is 81.2 Å². The van der Waals surface area contributed by atoms with Crippen LogP contribution in [0.3, 0.4) is 0 Å². The number of nitrogens with zero attached hydrogens (tertiary/aromatic N) is 3. The predicted octanol–water partition coefficient (Wildman–Crippen LogP) is 12.6. The SMILES string of the molecule is c1ccc(-c2cc(-c3nc(-c4ccc5c(ccc6ccccc65)c4)nc(-c4ccc5oc6ccccc6c5c4)n3)c3c(c2)oc2ccccc23)cc1. The normalized spacial score (nSPS) is 11.8. The summed E-state index contributed by atoms with van der Waals surface area (Å²) in [6.07, 6.45) is 0. The summed E-state index contributed by atoms with van der Waals surface area (Å²) in [5.41, 5.74) is 8.05. The lowest BCUT2D eigenvalue weighted by Crippen LogP contribution is -2.01. The lowest BCUT2D eigenvalue weighted by molar-refractivity contribution is 0.668. The van der Waals surface area contributed by atoms with E-state index in [1.54, 1.807) is 0 Å². The zero-order valence-corrected chi connectivity index (χ0v) is 27.7. The molecule has 0 aliphatic heterocycles. The maximum atomic E-state index is 6.49. The van der Waals surface area contributed by atoms with E-state index < -0.39 is 0 Å². The summed E-state index contributed by atoms with van der Waals surface area (Å²) in [5, 5.41) is 8.80. The van der Waals surface area contributed by atoms with E-state index >= 15 is 0 Å². The summed E-state index contributed by atoms with van der Waals surface area (Å²) in [5.74, 6) is 1.75. The Morgan fingerprint density at radius 3 is 1.75 bits per heavy atom. The van der Waals surface area contributed by atoms with Gasteiger partial charge in [0.15, 0.2) is 17.5 Å². The Balaban J connectivity index is 1.19. The molecule has 11 aromatic rings. The highest BCUT2D eigenvalue weighted by Gasteiger charge is 2.20. The quantitative estimate of drug-likeness (QED) is 0.175. The molecule has 0 unspecified atom stereocenters. The van der Waals surface area contributed by atoms with E-state index in [1.165, 1.54) is 16.2 Å². The smallest absolute Gasteiger partial charge is 0.164 e. The number of hydrogen-bond acceptors (Lipinski definition) is 5. The summed E-state index contributed by atoms with van der Waals surface area (Å²) in [6, 6.07) is 56.4. The molecule has 242 valence electrons. The topological polar surface area (TPSA) is 65.0 Å². The molecule has 0 N–H and O–H groups in total. The Morgan fingerprint density at radius 2 is 0.904 bits per heavy atom. The van der Waals surface area contributed by atoms with Crippen molar-refractivity contribution in [1.82, 2.24) is 15.0 Å². The molecule has 0 atom stereocenters. The van der Waals surface area contributed by atoms with Crippen molar-refractivity contribution in [1.29, 1.82) is 0 Å². The van der Waals surface area contributed by atoms with Gasteiger partial charge in [0.25, 0.3) is 0 Å². The molecule has 0 fully saturated rings. The first-order valence-electron chi connectivity index (χ1n) is 17.3. The molecule has 52 heavy (non-hydrogen) atoms. The fourth-order valence-corrected chi connectivity index (χ4v) is 7.60. The van der Waals surface area contributed by atoms with E-state index in [-0.39, 0.29) is 0 Å². The molecule has 0 aliphatic rings. The highest BCUT2D eigenvalue weighted by atomic mass is 16.3. The van der Waals surface area contributed by atoms with Crippen molar-refractivity contribution >= 4 is 65.4 Å². The van der Waals surface area contributed by atoms with E-state index in [1.807, 2.05) is 54.6 Å². The molecule has 0 amide bonds. The molecule has 0 aliphatic carbocycles. The van der Waals surface area contributed by atoms with Crippen LogP contribution in [0.2, 0.25) is 0 Å². The molecule has 5 heteroatoms. The third-order valence-corrected chi connectivity index (χ3v) is 10.1. The average Bonchev–Trinajstić information content (AvgIpc) is 3.78. The van der Waals surface area contributed by atoms with Crippen molar-refractivity contribution < 1.29 is 8.83 Å². The van der Waals surface area contributed by atoms with Gasteiger partial charge in [-0.25, -0.2) is 15.0 Å². The Labute approximate surface area is 297 Å². The van der Waals surface area contributed by atoms with Gasteiger partial charge in [0.05, 0.1) is 0 Å². The molecule has 3 heterocycles. The molecular formula is C47H27N3O2. The number of benzene rings is 8. The van der Waals surface area contributed by atoms with E-state index in [0.29, 0.717) is 17.5 Å². The molecular weight excluding hydrogens is 639 g/mol. The largest absolute Gasteiger partial charge is 0.456 e. The Hall–Kier alpha value is -7.11. The van der Waals surface area contributed by atoms with Gasteiger partial charge in [0.2, 0.25) is 0 Å². The Kier molecular flexibility index (Phi) is 6.18. The van der Waals surface area contributed by atoms with Crippen LogP contribution in [0.5, 0.6) is 0 Å². The molecule has 0 radical (unpaired) electrons. The van der Waals surface area contributed by atoms with Gasteiger partial charge in [-0.15, -0.1) is 0 Å². The molecule has 0 saturated carbocycles. The summed E-state index contributed by atoms with van der Waals surface area (Å²) in [6.45, 7) is 0. The van der Waals surface area contributed by atoms with E-state index in [2.05, 4.69) is 109 Å². The first kappa shape index (κ1) is 28.7. The lowest BCUT2D eigenvalue weighted by atomic mass is 9.98. The van der Waals surface area contributed by atoms with Crippen molar-refractivity contribution in [3.05, 3.63) is 164 Å². The van der Waals surface area contributed by atoms with Crippen LogP contribution in [-0.4, -0.2) is 15.0 Å². The number of aromatic nitrogens is 3. The zero-order chi connectivity index (χ0) is 34.2. The Morgan fingerprint density at radius 1 is 0.308 bits per heavy atom. The number of fused-ring (bicyclic) bond motifs is 9. The lowest BCUT2D eigenvalue weighted by Gasteiger charge is -2.12. The number of rotatable bonds is 4. The second-order valence-corrected chi connectivity index (χ2v) is 13.2. The van der Waals surface area contributed by atoms with Gasteiger partial charge >= 0.3 is 0 Å². The average molecular weight is 666 g/mol. The monoisotopic (exact) mass is 665 g/mol. The van der Waals surface area contributed by atoms with Crippen molar-refractivity contribution in [2.24, 2.45) is 0 Å². The maximum absolute atomic E-state index is 6.49. The van der Waals surface area contributed by atoms with Crippen LogP contribution in [0, 0.1) is 0 Å². The van der Waals surface area contributed by atoms with Crippen LogP contribution >= 0.6 is 0 Å². The van der Waals surface area contributed by atoms with E-state index in [9.17, 15) is 0 Å². The first-order valence-corrected chi connectivity index (χ1v) is 17.3. The van der Waals surface area contributed by atoms with Crippen molar-refractivity contribution in [2.45, 2.75) is 0 Å². The summed E-state index contributed by atoms with van der Waals surface area (Å²) >= 11 is 0. The molecule has 8 aromatic carbocycles. The highest BCUT2D eigenvalue weighted by molar-refractivity contribution is 6.13. The summed E-state index contributed by atoms with van der Waals surface area (Å²) in [4.78, 5) is 15.7. The second-order valence-electron chi connectivity index (χ2n) is 13.2. The van der Waals surface area contributed by atoms with Gasteiger partial charge in [0, 0.05) is 38.2 Å². The third-order valence-electron chi connectivity index (χ3n) is 10.1. The molecule has 5 nitrogen and oxygen atoms in total. The predicted molar refractivity (Wildman–Crippen MR) is 211 cm³/mol. The number of furan rings is 2. The molecule has 0 saturated heterocycles. The molecule has 11 rings (SSSR count). The molecule has 0 bridgehead atoms. The summed E-state index contributed by atoms with van der Waals surface area (Å²) < 4.78 is 12.7. The standard InChI is InChI=1S/C47H27N3O2/c1-2-10-28(11-3-1)33-26-39(44-37-15-7-9-17-41(37)52-43(44)27-33)47-49-45(31-20-22-35-30(24-31)19-18-29-12-4-5-13-34(29)35)48-46(50-47)32-21-23-42-38(25-32)36-14-6-8-16-40(36)51-42/h1-27H. The van der Waals surface area contributed by atoms with E-state index in [4.69, 9.17) is 23.8 Å². The van der Waals surface area contributed by atoms with Gasteiger partial charge in [-0.2, -0.15) is 0 Å². The zero-order valence-electron chi connectivity index (χ0n) is 27.7. The van der Waals surface area contributed by atoms with Gasteiger partial charge in [0.1, 0.15) is 22.3 Å². The van der Waals surface area contributed by atoms with Crippen LogP contribution in [-0.2, 0) is 0 Å². The second kappa shape index (κ2) is 11.2. The van der Waals surface area contributed by atoms with Crippen LogP contribution < -0.4 is 0 Å². The Bertz CT molecular complexity index is 3190. The van der Waals surface area contributed by atoms with Gasteiger partial charge in [-0.1, -0.05) is 115 Å². The van der Waals surface area contributed by atoms with E-state index in [0.717, 1.165) is 77.1 Å². The first-order chi connectivity index (χ1) is 25.7. The van der Waals surface area contributed by atoms with Crippen molar-refractivity contribution in [2.75, 3.05) is 0 Å². The minimum atomic E-state index is 0.574. The van der Waals surface area contributed by atoms with Crippen LogP contribution in [0.15, 0.2) is 173 Å². The third kappa shape index (κ3) is 4.53. The minimum Gasteiger partial charge on any atom is -0.456 e. The van der Waals surface area contributed by atoms with Crippen molar-refractivity contribution in [3.63, 3.8) is 0 Å². The van der Waals surface area contributed by atoms with Crippen molar-refractivity contribution in [3.8, 4) is 45.3 Å². The molecule has 0 spiro atoms. The summed E-state index contributed by atoms with van der Waals surface area (Å²) in [7, 11) is 0. The van der Waals surface area contributed by atoms with Crippen LogP contribution in [0.25, 0.3) is 111 Å². The van der Waals surface area contributed by atoms with Crippen LogP contribution in [0.4, 0.5) is 0 Å². The highest BCUT2D eigenvalue weighted by Crippen LogP contribution is 2.40. The van der Waals surface area contributed by atoms with Gasteiger partial charge in [-0.3, -0.25) is 0 Å². The fraction of sp³-hybridized carbons (Fsp3) is 0. The fourth-order valence-electron chi connectivity index (χ4n) is 7.60. The maximum Gasteiger partial charge on any atom is 0.164 e. The molecule has 3 aromatic heterocycles. The number of hydrogen-bond donors (Lipinski definition) is 0. The van der Waals surface area contributed by atoms with Gasteiger partial charge < -0.3 is 8.83 Å².